The molecule has 7 nitrogen and oxygen atoms in total. The molecule has 25 heavy (non-hydrogen) atoms. The van der Waals surface area contributed by atoms with Crippen molar-refractivity contribution >= 4 is 18.3 Å². The van der Waals surface area contributed by atoms with Crippen molar-refractivity contribution in [2.24, 2.45) is 0 Å². The summed E-state index contributed by atoms with van der Waals surface area (Å²) in [6.07, 6.45) is 3.14. The Kier molecular flexibility index (Phi) is 3.61. The van der Waals surface area contributed by atoms with Gasteiger partial charge < -0.3 is 9.88 Å². The molecular weight excluding hydrogens is 340 g/mol. The van der Waals surface area contributed by atoms with E-state index in [0.29, 0.717) is 18.8 Å². The molecule has 1 amide bonds. The van der Waals surface area contributed by atoms with E-state index in [-0.39, 0.29) is 24.4 Å². The molecule has 1 saturated heterocycles. The minimum atomic E-state index is -0.0879. The van der Waals surface area contributed by atoms with Crippen molar-refractivity contribution in [3.63, 3.8) is 0 Å². The number of hydrogen-bond acceptors (Lipinski definition) is 4. The minimum Gasteiger partial charge on any atom is -0.346 e. The zero-order valence-electron chi connectivity index (χ0n) is 13.6. The van der Waals surface area contributed by atoms with Gasteiger partial charge in [0.15, 0.2) is 11.6 Å². The first kappa shape index (κ1) is 15.8. The van der Waals surface area contributed by atoms with Crippen molar-refractivity contribution < 1.29 is 4.79 Å². The number of amides is 1. The Labute approximate surface area is 150 Å². The predicted molar refractivity (Wildman–Crippen MR) is 93.8 cm³/mol. The Hall–Kier alpha value is -2.67. The summed E-state index contributed by atoms with van der Waals surface area (Å²) >= 11 is 0. The number of imidazole rings is 1. The topological polar surface area (TPSA) is 77.6 Å². The van der Waals surface area contributed by atoms with E-state index in [9.17, 15) is 4.79 Å². The Morgan fingerprint density at radius 3 is 2.92 bits per heavy atom. The fourth-order valence-electron chi connectivity index (χ4n) is 3.50. The van der Waals surface area contributed by atoms with Gasteiger partial charge in [0.2, 0.25) is 5.91 Å². The summed E-state index contributed by atoms with van der Waals surface area (Å²) in [6, 6.07) is 8.06. The maximum absolute atomic E-state index is 11.5. The van der Waals surface area contributed by atoms with Crippen molar-refractivity contribution in [2.75, 3.05) is 0 Å². The van der Waals surface area contributed by atoms with Crippen LogP contribution in [0, 0.1) is 6.92 Å². The molecule has 1 atom stereocenters. The first-order valence-corrected chi connectivity index (χ1v) is 8.07. The summed E-state index contributed by atoms with van der Waals surface area (Å²) < 4.78 is 4.03. The average molecular weight is 357 g/mol. The van der Waals surface area contributed by atoms with E-state index < -0.39 is 0 Å². The number of nitrogens with one attached hydrogen (secondary N) is 1. The smallest absolute Gasteiger partial charge is 0.220 e. The number of fused-ring (bicyclic) bond motifs is 5. The molecule has 128 valence electrons. The lowest BCUT2D eigenvalue weighted by Crippen LogP contribution is -2.19. The minimum absolute atomic E-state index is 0. The molecule has 3 aromatic rings. The molecule has 0 saturated carbocycles. The van der Waals surface area contributed by atoms with Gasteiger partial charge in [-0.05, 0) is 25.5 Å². The summed E-state index contributed by atoms with van der Waals surface area (Å²) in [5, 5.41) is 7.65. The highest BCUT2D eigenvalue weighted by atomic mass is 35.5. The molecule has 2 aliphatic rings. The predicted octanol–water partition coefficient (Wildman–Crippen LogP) is 2.17. The highest BCUT2D eigenvalue weighted by Gasteiger charge is 2.29. The van der Waals surface area contributed by atoms with Crippen LogP contribution in [-0.2, 0) is 11.3 Å². The Morgan fingerprint density at radius 1 is 1.28 bits per heavy atom. The van der Waals surface area contributed by atoms with Crippen molar-refractivity contribution in [2.45, 2.75) is 32.4 Å². The number of aromatic nitrogens is 5. The van der Waals surface area contributed by atoms with Crippen LogP contribution in [0.3, 0.4) is 0 Å². The standard InChI is InChI=1S/C17H16N6O.ClH/c1-10-14-8-23-17(20-16(21-23)12-6-7-15(24)19-12)11-4-2-3-5-13(11)22(14)9-18-10;/h2-5,9,12H,6-8H2,1H3,(H,19,24);1H/t12-;/m1./s1. The molecule has 0 spiro atoms. The van der Waals surface area contributed by atoms with E-state index in [1.165, 1.54) is 0 Å². The number of hydrogen-bond donors (Lipinski definition) is 1. The first-order chi connectivity index (χ1) is 11.7. The van der Waals surface area contributed by atoms with Crippen LogP contribution in [0.15, 0.2) is 30.6 Å². The van der Waals surface area contributed by atoms with Crippen LogP contribution >= 0.6 is 12.4 Å². The maximum atomic E-state index is 11.5. The average Bonchev–Trinajstić information content (AvgIpc) is 3.27. The molecule has 0 bridgehead atoms. The third-order valence-corrected chi connectivity index (χ3v) is 4.77. The van der Waals surface area contributed by atoms with Crippen LogP contribution in [0.5, 0.6) is 0 Å². The molecule has 0 unspecified atom stereocenters. The fourth-order valence-corrected chi connectivity index (χ4v) is 3.50. The largest absolute Gasteiger partial charge is 0.346 e. The molecule has 1 aromatic carbocycles. The Bertz CT molecular complexity index is 975. The number of aryl methyl sites for hydroxylation is 1. The first-order valence-electron chi connectivity index (χ1n) is 8.07. The van der Waals surface area contributed by atoms with Gasteiger partial charge in [-0.25, -0.2) is 14.6 Å². The lowest BCUT2D eigenvalue weighted by molar-refractivity contribution is -0.119. The SMILES string of the molecule is Cc1ncn2c1Cn1nc([C@H]3CCC(=O)N3)nc1-c1ccccc1-2.Cl. The highest BCUT2D eigenvalue weighted by Crippen LogP contribution is 2.32. The van der Waals surface area contributed by atoms with E-state index >= 15 is 0 Å². The number of halogens is 1. The molecule has 8 heteroatoms. The van der Waals surface area contributed by atoms with Gasteiger partial charge in [-0.3, -0.25) is 4.79 Å². The second-order valence-electron chi connectivity index (χ2n) is 6.27. The zero-order chi connectivity index (χ0) is 16.3. The van der Waals surface area contributed by atoms with Gasteiger partial charge in [-0.2, -0.15) is 5.10 Å². The molecule has 4 heterocycles. The summed E-state index contributed by atoms with van der Waals surface area (Å²) in [5.41, 5.74) is 4.18. The second kappa shape index (κ2) is 5.70. The molecule has 2 aliphatic heterocycles. The number of benzene rings is 1. The van der Waals surface area contributed by atoms with Crippen LogP contribution in [0.2, 0.25) is 0 Å². The summed E-state index contributed by atoms with van der Waals surface area (Å²) in [4.78, 5) is 20.7. The Balaban J connectivity index is 0.00000157. The van der Waals surface area contributed by atoms with E-state index in [2.05, 4.69) is 27.0 Å². The van der Waals surface area contributed by atoms with Gasteiger partial charge >= 0.3 is 0 Å². The van der Waals surface area contributed by atoms with Crippen molar-refractivity contribution in [3.8, 4) is 17.1 Å². The lowest BCUT2D eigenvalue weighted by atomic mass is 10.1. The van der Waals surface area contributed by atoms with Crippen LogP contribution in [-0.4, -0.2) is 30.2 Å². The van der Waals surface area contributed by atoms with Crippen LogP contribution in [0.4, 0.5) is 0 Å². The Morgan fingerprint density at radius 2 is 2.12 bits per heavy atom. The fraction of sp³-hybridized carbons (Fsp3) is 0.294. The monoisotopic (exact) mass is 356 g/mol. The van der Waals surface area contributed by atoms with Crippen LogP contribution < -0.4 is 5.32 Å². The van der Waals surface area contributed by atoms with E-state index in [4.69, 9.17) is 10.1 Å². The number of carbonyl (C=O) groups excluding carboxylic acids is 1. The van der Waals surface area contributed by atoms with Crippen molar-refractivity contribution in [1.82, 2.24) is 29.6 Å². The van der Waals surface area contributed by atoms with Crippen LogP contribution in [0.25, 0.3) is 17.1 Å². The number of para-hydroxylation sites is 1. The van der Waals surface area contributed by atoms with Gasteiger partial charge in [-0.15, -0.1) is 12.4 Å². The van der Waals surface area contributed by atoms with E-state index in [1.54, 1.807) is 0 Å². The normalized spacial score (nSPS) is 17.8. The number of carbonyl (C=O) groups is 1. The van der Waals surface area contributed by atoms with Gasteiger partial charge in [0.05, 0.1) is 36.0 Å². The van der Waals surface area contributed by atoms with Crippen molar-refractivity contribution in [1.29, 1.82) is 0 Å². The quantitative estimate of drug-likeness (QED) is 0.567. The molecule has 1 fully saturated rings. The second-order valence-corrected chi connectivity index (χ2v) is 6.27. The third-order valence-electron chi connectivity index (χ3n) is 4.77. The number of nitrogens with zero attached hydrogens (tertiary/aromatic N) is 5. The summed E-state index contributed by atoms with van der Waals surface area (Å²) in [5.74, 6) is 1.60. The van der Waals surface area contributed by atoms with E-state index in [0.717, 1.165) is 34.9 Å². The number of rotatable bonds is 1. The third kappa shape index (κ3) is 2.34. The van der Waals surface area contributed by atoms with E-state index in [1.807, 2.05) is 30.1 Å². The van der Waals surface area contributed by atoms with Crippen molar-refractivity contribution in [3.05, 3.63) is 47.8 Å². The van der Waals surface area contributed by atoms with Gasteiger partial charge in [0, 0.05) is 12.0 Å². The molecule has 2 aromatic heterocycles. The summed E-state index contributed by atoms with van der Waals surface area (Å²) in [7, 11) is 0. The van der Waals surface area contributed by atoms with Crippen LogP contribution in [0.1, 0.15) is 36.1 Å². The lowest BCUT2D eigenvalue weighted by Gasteiger charge is -2.08. The maximum Gasteiger partial charge on any atom is 0.220 e. The molecule has 0 aliphatic carbocycles. The highest BCUT2D eigenvalue weighted by molar-refractivity contribution is 5.85. The van der Waals surface area contributed by atoms with Gasteiger partial charge in [-0.1, -0.05) is 12.1 Å². The molecule has 5 rings (SSSR count). The molecule has 1 N–H and O–H groups in total. The van der Waals surface area contributed by atoms with Gasteiger partial charge in [0.1, 0.15) is 0 Å². The summed E-state index contributed by atoms with van der Waals surface area (Å²) in [6.45, 7) is 2.62. The molecular formula is C17H17ClN6O. The van der Waals surface area contributed by atoms with Gasteiger partial charge in [0.25, 0.3) is 0 Å². The zero-order valence-corrected chi connectivity index (χ0v) is 14.5. The molecule has 0 radical (unpaired) electrons.